The van der Waals surface area contributed by atoms with Crippen molar-refractivity contribution in [3.8, 4) is 0 Å². The molecule has 1 unspecified atom stereocenters. The van der Waals surface area contributed by atoms with Crippen molar-refractivity contribution in [2.45, 2.75) is 12.3 Å². The van der Waals surface area contributed by atoms with Crippen LogP contribution in [0.1, 0.15) is 28.3 Å². The van der Waals surface area contributed by atoms with Gasteiger partial charge < -0.3 is 9.47 Å². The molecular formula is C20H20O5. The topological polar surface area (TPSA) is 69.7 Å². The Labute approximate surface area is 146 Å². The molecule has 0 saturated carbocycles. The molecule has 0 bridgehead atoms. The van der Waals surface area contributed by atoms with Gasteiger partial charge in [0.05, 0.1) is 14.2 Å². The normalized spacial score (nSPS) is 11.6. The first-order chi connectivity index (χ1) is 12.1. The lowest BCUT2D eigenvalue weighted by molar-refractivity contribution is -0.159. The Hall–Kier alpha value is -2.95. The van der Waals surface area contributed by atoms with Crippen molar-refractivity contribution < 1.29 is 23.9 Å². The van der Waals surface area contributed by atoms with E-state index in [1.54, 1.807) is 48.5 Å². The molecule has 0 heterocycles. The van der Waals surface area contributed by atoms with Crippen LogP contribution < -0.4 is 0 Å². The fraction of sp³-hybridized carbons (Fsp3) is 0.250. The molecule has 0 aromatic heterocycles. The van der Waals surface area contributed by atoms with Crippen molar-refractivity contribution in [1.29, 1.82) is 0 Å². The van der Waals surface area contributed by atoms with E-state index >= 15 is 0 Å². The molecule has 5 nitrogen and oxygen atoms in total. The molecule has 0 aliphatic rings. The Morgan fingerprint density at radius 1 is 0.800 bits per heavy atom. The molecule has 130 valence electrons. The first-order valence-electron chi connectivity index (χ1n) is 7.87. The number of benzene rings is 2. The maximum Gasteiger partial charge on any atom is 0.320 e. The smallest absolute Gasteiger partial charge is 0.320 e. The largest absolute Gasteiger partial charge is 0.468 e. The van der Waals surface area contributed by atoms with Crippen LogP contribution in [0.25, 0.3) is 0 Å². The molecule has 0 saturated heterocycles. The summed E-state index contributed by atoms with van der Waals surface area (Å²) in [5.41, 5.74) is 1.23. The summed E-state index contributed by atoms with van der Waals surface area (Å²) < 4.78 is 9.55. The number of esters is 2. The van der Waals surface area contributed by atoms with Gasteiger partial charge in [-0.2, -0.15) is 0 Å². The van der Waals surface area contributed by atoms with Crippen LogP contribution in [0.5, 0.6) is 0 Å². The Balaban J connectivity index is 2.40. The molecule has 0 amide bonds. The summed E-state index contributed by atoms with van der Waals surface area (Å²) >= 11 is 0. The molecule has 0 N–H and O–H groups in total. The van der Waals surface area contributed by atoms with Gasteiger partial charge >= 0.3 is 11.9 Å². The highest BCUT2D eigenvalue weighted by Crippen LogP contribution is 2.31. The number of methoxy groups -OCH3 is 2. The molecule has 0 aliphatic heterocycles. The lowest BCUT2D eigenvalue weighted by Gasteiger charge is -2.23. The van der Waals surface area contributed by atoms with Crippen LogP contribution in [0.15, 0.2) is 60.7 Å². The second-order valence-electron chi connectivity index (χ2n) is 5.53. The van der Waals surface area contributed by atoms with E-state index in [4.69, 9.17) is 9.47 Å². The SMILES string of the molecule is COC(=O)C(C(=O)OC)C(CC(=O)c1ccccc1)c1ccccc1. The first-order valence-corrected chi connectivity index (χ1v) is 7.87. The third-order valence-corrected chi connectivity index (χ3v) is 4.04. The molecule has 25 heavy (non-hydrogen) atoms. The number of rotatable bonds is 7. The van der Waals surface area contributed by atoms with Crippen molar-refractivity contribution >= 4 is 17.7 Å². The van der Waals surface area contributed by atoms with Gasteiger partial charge in [0.15, 0.2) is 11.7 Å². The fourth-order valence-electron chi connectivity index (χ4n) is 2.75. The van der Waals surface area contributed by atoms with Gasteiger partial charge in [0.25, 0.3) is 0 Å². The predicted molar refractivity (Wildman–Crippen MR) is 92.1 cm³/mol. The molecule has 0 radical (unpaired) electrons. The number of hydrogen-bond donors (Lipinski definition) is 0. The summed E-state index contributed by atoms with van der Waals surface area (Å²) in [5.74, 6) is -3.48. The number of Topliss-reactive ketones (excluding diaryl/α,β-unsaturated/α-hetero) is 1. The summed E-state index contributed by atoms with van der Waals surface area (Å²) in [6.45, 7) is 0. The average Bonchev–Trinajstić information content (AvgIpc) is 2.68. The van der Waals surface area contributed by atoms with Gasteiger partial charge in [-0.3, -0.25) is 14.4 Å². The van der Waals surface area contributed by atoms with Gasteiger partial charge in [-0.15, -0.1) is 0 Å². The third kappa shape index (κ3) is 4.53. The van der Waals surface area contributed by atoms with E-state index in [1.165, 1.54) is 14.2 Å². The van der Waals surface area contributed by atoms with Crippen LogP contribution in [0.3, 0.4) is 0 Å². The van der Waals surface area contributed by atoms with Crippen LogP contribution in [0.4, 0.5) is 0 Å². The van der Waals surface area contributed by atoms with Gasteiger partial charge in [-0.25, -0.2) is 0 Å². The fourth-order valence-corrected chi connectivity index (χ4v) is 2.75. The lowest BCUT2D eigenvalue weighted by atomic mass is 9.81. The van der Waals surface area contributed by atoms with E-state index in [2.05, 4.69) is 0 Å². The van der Waals surface area contributed by atoms with Crippen LogP contribution >= 0.6 is 0 Å². The maximum atomic E-state index is 12.7. The summed E-state index contributed by atoms with van der Waals surface area (Å²) in [5, 5.41) is 0. The van der Waals surface area contributed by atoms with E-state index in [0.717, 1.165) is 0 Å². The molecule has 2 aromatic carbocycles. The quantitative estimate of drug-likeness (QED) is 0.440. The van der Waals surface area contributed by atoms with E-state index in [9.17, 15) is 14.4 Å². The Morgan fingerprint density at radius 3 is 1.76 bits per heavy atom. The first kappa shape index (κ1) is 18.4. The highest BCUT2D eigenvalue weighted by molar-refractivity contribution is 6.00. The molecule has 2 aromatic rings. The third-order valence-electron chi connectivity index (χ3n) is 4.04. The lowest BCUT2D eigenvalue weighted by Crippen LogP contribution is -2.33. The van der Waals surface area contributed by atoms with Crippen molar-refractivity contribution in [3.63, 3.8) is 0 Å². The van der Waals surface area contributed by atoms with Gasteiger partial charge in [0.2, 0.25) is 0 Å². The number of ketones is 1. The number of carbonyl (C=O) groups is 3. The zero-order valence-corrected chi connectivity index (χ0v) is 14.2. The minimum Gasteiger partial charge on any atom is -0.468 e. The maximum absolute atomic E-state index is 12.7. The van der Waals surface area contributed by atoms with Gasteiger partial charge in [-0.05, 0) is 5.56 Å². The van der Waals surface area contributed by atoms with Crippen molar-refractivity contribution in [3.05, 3.63) is 71.8 Å². The van der Waals surface area contributed by atoms with E-state index in [0.29, 0.717) is 11.1 Å². The Morgan fingerprint density at radius 2 is 1.28 bits per heavy atom. The number of hydrogen-bond acceptors (Lipinski definition) is 5. The molecule has 1 atom stereocenters. The van der Waals surface area contributed by atoms with Gasteiger partial charge in [-0.1, -0.05) is 60.7 Å². The second kappa shape index (κ2) is 8.78. The molecule has 0 spiro atoms. The molecule has 0 fully saturated rings. The van der Waals surface area contributed by atoms with E-state index < -0.39 is 23.8 Å². The summed E-state index contributed by atoms with van der Waals surface area (Å²) in [6, 6.07) is 17.7. The molecule has 0 aliphatic carbocycles. The summed E-state index contributed by atoms with van der Waals surface area (Å²) in [4.78, 5) is 37.1. The highest BCUT2D eigenvalue weighted by Gasteiger charge is 2.39. The zero-order valence-electron chi connectivity index (χ0n) is 14.2. The van der Waals surface area contributed by atoms with Crippen molar-refractivity contribution in [2.75, 3.05) is 14.2 Å². The average molecular weight is 340 g/mol. The van der Waals surface area contributed by atoms with Crippen molar-refractivity contribution in [1.82, 2.24) is 0 Å². The highest BCUT2D eigenvalue weighted by atomic mass is 16.5. The van der Waals surface area contributed by atoms with Gasteiger partial charge in [0.1, 0.15) is 0 Å². The summed E-state index contributed by atoms with van der Waals surface area (Å²) in [6.07, 6.45) is -0.0110. The van der Waals surface area contributed by atoms with E-state index in [-0.39, 0.29) is 12.2 Å². The standard InChI is InChI=1S/C20H20O5/c1-24-19(22)18(20(23)25-2)16(14-9-5-3-6-10-14)13-17(21)15-11-7-4-8-12-15/h3-12,16,18H,13H2,1-2H3. The number of ether oxygens (including phenoxy) is 2. The Kier molecular flexibility index (Phi) is 6.46. The monoisotopic (exact) mass is 340 g/mol. The minimum absolute atomic E-state index is 0.0110. The molecule has 5 heteroatoms. The second-order valence-corrected chi connectivity index (χ2v) is 5.53. The molecule has 2 rings (SSSR count). The van der Waals surface area contributed by atoms with Crippen LogP contribution in [0.2, 0.25) is 0 Å². The van der Waals surface area contributed by atoms with Crippen molar-refractivity contribution in [2.24, 2.45) is 5.92 Å². The van der Waals surface area contributed by atoms with Crippen LogP contribution in [-0.2, 0) is 19.1 Å². The van der Waals surface area contributed by atoms with E-state index in [1.807, 2.05) is 12.1 Å². The number of carbonyl (C=O) groups excluding carboxylic acids is 3. The minimum atomic E-state index is -1.20. The van der Waals surface area contributed by atoms with Gasteiger partial charge in [0, 0.05) is 17.9 Å². The Bertz CT molecular complexity index is 708. The zero-order chi connectivity index (χ0) is 18.2. The predicted octanol–water partition coefficient (Wildman–Crippen LogP) is 3.01. The van der Waals surface area contributed by atoms with Crippen LogP contribution in [0, 0.1) is 5.92 Å². The van der Waals surface area contributed by atoms with Crippen LogP contribution in [-0.4, -0.2) is 31.9 Å². The summed E-state index contributed by atoms with van der Waals surface area (Å²) in [7, 11) is 2.42. The molecular weight excluding hydrogens is 320 g/mol.